The van der Waals surface area contributed by atoms with E-state index in [1.165, 1.54) is 20.8 Å². The molecule has 4 atom stereocenters. The molecule has 0 aromatic carbocycles. The van der Waals surface area contributed by atoms with E-state index in [-0.39, 0.29) is 6.42 Å². The normalized spacial score (nSPS) is 34.1. The molecule has 1 aliphatic rings. The zero-order valence-electron chi connectivity index (χ0n) is 11.2. The summed E-state index contributed by atoms with van der Waals surface area (Å²) < 4.78 is 25.6. The summed E-state index contributed by atoms with van der Waals surface area (Å²) in [7, 11) is -4.75. The molecule has 1 aliphatic heterocycles. The van der Waals surface area contributed by atoms with Crippen molar-refractivity contribution in [2.75, 3.05) is 0 Å². The van der Waals surface area contributed by atoms with E-state index in [0.29, 0.717) is 0 Å². The Kier molecular flexibility index (Phi) is 5.15. The number of carbonyl (C=O) groups excluding carboxylic acids is 1. The van der Waals surface area contributed by atoms with E-state index in [0.717, 1.165) is 0 Å². The SMILES string of the molecule is CC(=O)O[C@H]1[C@H](C)O[C@H](OP(=O)(O)O)C[C@]1(C)N=[N+]=[N-]. The van der Waals surface area contributed by atoms with Crippen molar-refractivity contribution < 1.29 is 33.1 Å². The number of nitrogens with zero attached hydrogens (tertiary/aromatic N) is 3. The molecule has 10 nitrogen and oxygen atoms in total. The Morgan fingerprint density at radius 1 is 1.60 bits per heavy atom. The van der Waals surface area contributed by atoms with E-state index in [9.17, 15) is 9.36 Å². The lowest BCUT2D eigenvalue weighted by molar-refractivity contribution is -0.220. The Bertz CT molecular complexity index is 474. The molecule has 1 rings (SSSR count). The van der Waals surface area contributed by atoms with Gasteiger partial charge in [-0.2, -0.15) is 0 Å². The maximum Gasteiger partial charge on any atom is 0.471 e. The molecule has 0 spiro atoms. The van der Waals surface area contributed by atoms with Gasteiger partial charge in [-0.1, -0.05) is 12.0 Å². The van der Waals surface area contributed by atoms with Gasteiger partial charge in [0.25, 0.3) is 0 Å². The maximum atomic E-state index is 11.1. The highest BCUT2D eigenvalue weighted by atomic mass is 31.2. The summed E-state index contributed by atoms with van der Waals surface area (Å²) in [6.07, 6.45) is -3.08. The maximum absolute atomic E-state index is 11.1. The number of azide groups is 1. The first-order chi connectivity index (χ1) is 9.07. The molecule has 1 fully saturated rings. The summed E-state index contributed by atoms with van der Waals surface area (Å²) >= 11 is 0. The van der Waals surface area contributed by atoms with Crippen molar-refractivity contribution in [3.63, 3.8) is 0 Å². The molecule has 2 N–H and O–H groups in total. The van der Waals surface area contributed by atoms with Crippen LogP contribution in [0.15, 0.2) is 5.11 Å². The van der Waals surface area contributed by atoms with Gasteiger partial charge in [0.1, 0.15) is 6.10 Å². The van der Waals surface area contributed by atoms with Crippen molar-refractivity contribution >= 4 is 13.8 Å². The van der Waals surface area contributed by atoms with Crippen LogP contribution in [-0.2, 0) is 23.4 Å². The van der Waals surface area contributed by atoms with Crippen LogP contribution in [0.2, 0.25) is 0 Å². The average Bonchev–Trinajstić information content (AvgIpc) is 2.21. The minimum atomic E-state index is -4.75. The highest BCUT2D eigenvalue weighted by molar-refractivity contribution is 7.46. The quantitative estimate of drug-likeness (QED) is 0.260. The van der Waals surface area contributed by atoms with Gasteiger partial charge >= 0.3 is 13.8 Å². The second-order valence-electron chi connectivity index (χ2n) is 4.65. The molecule has 0 saturated carbocycles. The number of rotatable bonds is 4. The molecule has 0 aromatic rings. The molecule has 20 heavy (non-hydrogen) atoms. The number of hydrogen-bond acceptors (Lipinski definition) is 6. The van der Waals surface area contributed by atoms with Crippen LogP contribution >= 0.6 is 7.82 Å². The van der Waals surface area contributed by atoms with Crippen LogP contribution in [0.4, 0.5) is 0 Å². The molecular formula is C9H16N3O7P. The van der Waals surface area contributed by atoms with Crippen LogP contribution < -0.4 is 0 Å². The van der Waals surface area contributed by atoms with E-state index >= 15 is 0 Å². The van der Waals surface area contributed by atoms with Gasteiger partial charge in [0.2, 0.25) is 0 Å². The van der Waals surface area contributed by atoms with Gasteiger partial charge < -0.3 is 19.3 Å². The van der Waals surface area contributed by atoms with Gasteiger partial charge in [-0.3, -0.25) is 9.32 Å². The Morgan fingerprint density at radius 3 is 2.65 bits per heavy atom. The Hall–Kier alpha value is -1.15. The highest BCUT2D eigenvalue weighted by Crippen LogP contribution is 2.43. The number of esters is 1. The van der Waals surface area contributed by atoms with Gasteiger partial charge in [0, 0.05) is 18.3 Å². The molecular weight excluding hydrogens is 293 g/mol. The highest BCUT2D eigenvalue weighted by Gasteiger charge is 2.48. The molecule has 1 saturated heterocycles. The van der Waals surface area contributed by atoms with Crippen molar-refractivity contribution in [2.45, 2.75) is 51.2 Å². The summed E-state index contributed by atoms with van der Waals surface area (Å²) in [5, 5.41) is 3.57. The number of carbonyl (C=O) groups is 1. The molecule has 1 heterocycles. The van der Waals surface area contributed by atoms with Crippen molar-refractivity contribution in [3.05, 3.63) is 10.4 Å². The van der Waals surface area contributed by atoms with E-state index in [1.54, 1.807) is 0 Å². The molecule has 11 heteroatoms. The number of phosphoric ester groups is 1. The topological polar surface area (TPSA) is 151 Å². The van der Waals surface area contributed by atoms with Crippen molar-refractivity contribution in [1.29, 1.82) is 0 Å². The Labute approximate surface area is 114 Å². The van der Waals surface area contributed by atoms with Crippen LogP contribution in [-0.4, -0.2) is 39.8 Å². The third-order valence-electron chi connectivity index (χ3n) is 2.81. The van der Waals surface area contributed by atoms with E-state index < -0.39 is 37.8 Å². The molecule has 0 aliphatic carbocycles. The first kappa shape index (κ1) is 16.9. The van der Waals surface area contributed by atoms with Crippen LogP contribution in [0, 0.1) is 0 Å². The Morgan fingerprint density at radius 2 is 2.20 bits per heavy atom. The van der Waals surface area contributed by atoms with Gasteiger partial charge in [0.15, 0.2) is 6.29 Å². The molecule has 0 unspecified atom stereocenters. The van der Waals surface area contributed by atoms with Gasteiger partial charge in [-0.15, -0.1) is 0 Å². The molecule has 0 aromatic heterocycles. The largest absolute Gasteiger partial charge is 0.471 e. The fourth-order valence-electron chi connectivity index (χ4n) is 2.13. The summed E-state index contributed by atoms with van der Waals surface area (Å²) in [5.41, 5.74) is 7.39. The Balaban J connectivity index is 3.00. The van der Waals surface area contributed by atoms with Crippen molar-refractivity contribution in [2.24, 2.45) is 5.11 Å². The number of ether oxygens (including phenoxy) is 2. The minimum absolute atomic E-state index is 0.162. The summed E-state index contributed by atoms with van der Waals surface area (Å²) in [6.45, 7) is 4.21. The first-order valence-corrected chi connectivity index (χ1v) is 7.23. The van der Waals surface area contributed by atoms with Crippen LogP contribution in [0.25, 0.3) is 10.4 Å². The fourth-order valence-corrected chi connectivity index (χ4v) is 2.57. The molecule has 0 radical (unpaired) electrons. The predicted octanol–water partition coefficient (Wildman–Crippen LogP) is 1.23. The molecule has 0 bridgehead atoms. The van der Waals surface area contributed by atoms with E-state index in [1.807, 2.05) is 0 Å². The zero-order valence-corrected chi connectivity index (χ0v) is 12.1. The molecule has 0 amide bonds. The van der Waals surface area contributed by atoms with Crippen molar-refractivity contribution in [3.8, 4) is 0 Å². The van der Waals surface area contributed by atoms with Gasteiger partial charge in [-0.25, -0.2) is 4.57 Å². The van der Waals surface area contributed by atoms with Gasteiger partial charge in [-0.05, 0) is 12.5 Å². The third-order valence-corrected chi connectivity index (χ3v) is 3.32. The van der Waals surface area contributed by atoms with E-state index in [4.69, 9.17) is 24.8 Å². The van der Waals surface area contributed by atoms with E-state index in [2.05, 4.69) is 14.5 Å². The molecule has 114 valence electrons. The fraction of sp³-hybridized carbons (Fsp3) is 0.889. The number of phosphoric acid groups is 1. The summed E-state index contributed by atoms with van der Waals surface area (Å²) in [4.78, 5) is 31.3. The van der Waals surface area contributed by atoms with Crippen LogP contribution in [0.5, 0.6) is 0 Å². The predicted molar refractivity (Wildman–Crippen MR) is 65.2 cm³/mol. The first-order valence-electron chi connectivity index (χ1n) is 5.70. The summed E-state index contributed by atoms with van der Waals surface area (Å²) in [6, 6.07) is 0. The lowest BCUT2D eigenvalue weighted by Gasteiger charge is -2.43. The lowest BCUT2D eigenvalue weighted by Crippen LogP contribution is -2.55. The summed E-state index contributed by atoms with van der Waals surface area (Å²) in [5.74, 6) is -0.584. The van der Waals surface area contributed by atoms with Crippen LogP contribution in [0.1, 0.15) is 27.2 Å². The monoisotopic (exact) mass is 309 g/mol. The second kappa shape index (κ2) is 6.09. The standard InChI is InChI=1S/C9H16N3O7P/c1-5-8(18-6(2)13)9(3,11-12-10)4-7(17-5)19-20(14,15)16/h5,7-8H,4H2,1-3H3,(H2,14,15,16)/t5-,7+,8-,9-/m0/s1. The zero-order chi connectivity index (χ0) is 15.6. The van der Waals surface area contributed by atoms with Gasteiger partial charge in [0.05, 0.1) is 11.6 Å². The third kappa shape index (κ3) is 4.45. The number of hydrogen-bond donors (Lipinski definition) is 2. The second-order valence-corrected chi connectivity index (χ2v) is 5.84. The smallest absolute Gasteiger partial charge is 0.459 e. The average molecular weight is 309 g/mol. The minimum Gasteiger partial charge on any atom is -0.459 e. The lowest BCUT2D eigenvalue weighted by atomic mass is 9.86. The van der Waals surface area contributed by atoms with Crippen molar-refractivity contribution in [1.82, 2.24) is 0 Å². The van der Waals surface area contributed by atoms with Crippen LogP contribution in [0.3, 0.4) is 0 Å².